The van der Waals surface area contributed by atoms with E-state index in [9.17, 15) is 9.18 Å². The van der Waals surface area contributed by atoms with Gasteiger partial charge in [0.05, 0.1) is 11.2 Å². The second-order valence-electron chi connectivity index (χ2n) is 7.46. The third-order valence-electron chi connectivity index (χ3n) is 5.05. The van der Waals surface area contributed by atoms with Gasteiger partial charge >= 0.3 is 0 Å². The molecule has 0 bridgehead atoms. The predicted octanol–water partition coefficient (Wildman–Crippen LogP) is 5.18. The standard InChI is InChI=1S/C22H24Cl2FN5O3/c1-13(20-16(23)6-7-17(25)21(20)24)33-18-9-14(10-27-22(18)26)15-11-28-30(12-15)8-4-2-3-5-19(31)29-32/h6-7,9-13,32H,2-5,8H2,1H3,(H2,26,27)(H,29,31). The van der Waals surface area contributed by atoms with E-state index in [2.05, 4.69) is 10.1 Å². The molecule has 0 aliphatic heterocycles. The molecule has 11 heteroatoms. The zero-order valence-corrected chi connectivity index (χ0v) is 19.4. The number of anilines is 1. The lowest BCUT2D eigenvalue weighted by Crippen LogP contribution is -2.17. The van der Waals surface area contributed by atoms with Crippen molar-refractivity contribution in [3.8, 4) is 16.9 Å². The van der Waals surface area contributed by atoms with Gasteiger partial charge in [0.25, 0.3) is 0 Å². The monoisotopic (exact) mass is 495 g/mol. The fourth-order valence-corrected chi connectivity index (χ4v) is 3.98. The van der Waals surface area contributed by atoms with Crippen LogP contribution < -0.4 is 16.0 Å². The van der Waals surface area contributed by atoms with E-state index in [0.717, 1.165) is 24.0 Å². The van der Waals surface area contributed by atoms with Crippen LogP contribution >= 0.6 is 23.2 Å². The van der Waals surface area contributed by atoms with Crippen LogP contribution in [0.4, 0.5) is 10.2 Å². The molecule has 1 atom stereocenters. The van der Waals surface area contributed by atoms with Gasteiger partial charge in [-0.3, -0.25) is 14.7 Å². The summed E-state index contributed by atoms with van der Waals surface area (Å²) in [6.45, 7) is 2.38. The van der Waals surface area contributed by atoms with E-state index < -0.39 is 11.9 Å². The normalized spacial score (nSPS) is 11.9. The van der Waals surface area contributed by atoms with Crippen molar-refractivity contribution in [1.29, 1.82) is 0 Å². The SMILES string of the molecule is CC(Oc1cc(-c2cnn(CCCCCC(=O)NO)c2)cnc1N)c1c(Cl)ccc(F)c1Cl. The lowest BCUT2D eigenvalue weighted by Gasteiger charge is -2.19. The molecule has 176 valence electrons. The Kier molecular flexibility index (Phi) is 8.49. The van der Waals surface area contributed by atoms with Gasteiger partial charge in [-0.1, -0.05) is 29.6 Å². The number of nitrogens with two attached hydrogens (primary N) is 1. The molecule has 0 saturated carbocycles. The Hall–Kier alpha value is -2.88. The molecule has 4 N–H and O–H groups in total. The maximum absolute atomic E-state index is 13.9. The smallest absolute Gasteiger partial charge is 0.243 e. The fourth-order valence-electron chi connectivity index (χ4n) is 3.30. The molecule has 0 radical (unpaired) electrons. The van der Waals surface area contributed by atoms with Crippen LogP contribution in [0, 0.1) is 5.82 Å². The zero-order valence-electron chi connectivity index (χ0n) is 17.9. The van der Waals surface area contributed by atoms with Crippen molar-refractivity contribution in [3.05, 3.63) is 58.2 Å². The molecule has 1 amide bonds. The van der Waals surface area contributed by atoms with Crippen LogP contribution in [0.1, 0.15) is 44.3 Å². The summed E-state index contributed by atoms with van der Waals surface area (Å²) in [4.78, 5) is 15.2. The number of ether oxygens (including phenoxy) is 1. The Morgan fingerprint density at radius 3 is 2.82 bits per heavy atom. The van der Waals surface area contributed by atoms with Gasteiger partial charge in [0.15, 0.2) is 11.6 Å². The highest BCUT2D eigenvalue weighted by molar-refractivity contribution is 6.36. The second kappa shape index (κ2) is 11.3. The van der Waals surface area contributed by atoms with E-state index >= 15 is 0 Å². The van der Waals surface area contributed by atoms with Gasteiger partial charge in [0, 0.05) is 47.1 Å². The summed E-state index contributed by atoms with van der Waals surface area (Å²) in [6, 6.07) is 4.35. The van der Waals surface area contributed by atoms with Crippen molar-refractivity contribution >= 4 is 34.9 Å². The highest BCUT2D eigenvalue weighted by Gasteiger charge is 2.20. The molecule has 33 heavy (non-hydrogen) atoms. The number of nitrogens with one attached hydrogen (secondary N) is 1. The summed E-state index contributed by atoms with van der Waals surface area (Å²) in [5.74, 6) is -0.489. The minimum Gasteiger partial charge on any atom is -0.482 e. The summed E-state index contributed by atoms with van der Waals surface area (Å²) < 4.78 is 21.6. The number of halogens is 3. The van der Waals surface area contributed by atoms with Crippen molar-refractivity contribution in [1.82, 2.24) is 20.2 Å². The van der Waals surface area contributed by atoms with E-state index in [4.69, 9.17) is 38.9 Å². The molecule has 3 aromatic rings. The van der Waals surface area contributed by atoms with E-state index in [1.165, 1.54) is 12.1 Å². The molecule has 3 rings (SSSR count). The third kappa shape index (κ3) is 6.34. The maximum Gasteiger partial charge on any atom is 0.243 e. The van der Waals surface area contributed by atoms with Crippen LogP contribution in [0.3, 0.4) is 0 Å². The van der Waals surface area contributed by atoms with Gasteiger partial charge in [-0.2, -0.15) is 5.10 Å². The number of nitrogen functional groups attached to an aromatic ring is 1. The van der Waals surface area contributed by atoms with Crippen molar-refractivity contribution in [2.75, 3.05) is 5.73 Å². The summed E-state index contributed by atoms with van der Waals surface area (Å²) >= 11 is 12.3. The molecule has 2 aromatic heterocycles. The number of carbonyl (C=O) groups is 1. The average Bonchev–Trinajstić information content (AvgIpc) is 3.26. The summed E-state index contributed by atoms with van der Waals surface area (Å²) in [7, 11) is 0. The molecule has 1 aromatic carbocycles. The number of hydrogen-bond acceptors (Lipinski definition) is 6. The molecule has 0 aliphatic carbocycles. The van der Waals surface area contributed by atoms with Crippen LogP contribution in [-0.2, 0) is 11.3 Å². The summed E-state index contributed by atoms with van der Waals surface area (Å²) in [5, 5.41) is 13.0. The van der Waals surface area contributed by atoms with Crippen molar-refractivity contribution in [3.63, 3.8) is 0 Å². The number of hydroxylamine groups is 1. The van der Waals surface area contributed by atoms with Gasteiger partial charge in [-0.15, -0.1) is 0 Å². The summed E-state index contributed by atoms with van der Waals surface area (Å²) in [5.41, 5.74) is 9.50. The van der Waals surface area contributed by atoms with Crippen LogP contribution in [0.2, 0.25) is 10.0 Å². The van der Waals surface area contributed by atoms with Gasteiger partial charge in [0.2, 0.25) is 5.91 Å². The number of unbranched alkanes of at least 4 members (excludes halogenated alkanes) is 2. The Morgan fingerprint density at radius 2 is 2.06 bits per heavy atom. The second-order valence-corrected chi connectivity index (χ2v) is 8.25. The van der Waals surface area contributed by atoms with Crippen molar-refractivity contribution in [2.45, 2.75) is 45.3 Å². The molecule has 0 fully saturated rings. The van der Waals surface area contributed by atoms with E-state index in [1.807, 2.05) is 6.20 Å². The van der Waals surface area contributed by atoms with E-state index in [1.54, 1.807) is 35.5 Å². The first kappa shape index (κ1) is 24.8. The lowest BCUT2D eigenvalue weighted by atomic mass is 10.1. The van der Waals surface area contributed by atoms with Gasteiger partial charge in [-0.05, 0) is 38.0 Å². The van der Waals surface area contributed by atoms with E-state index in [-0.39, 0.29) is 28.2 Å². The Morgan fingerprint density at radius 1 is 1.27 bits per heavy atom. The first-order valence-electron chi connectivity index (χ1n) is 10.3. The molecule has 0 aliphatic rings. The lowest BCUT2D eigenvalue weighted by molar-refractivity contribution is -0.129. The number of nitrogens with zero attached hydrogens (tertiary/aromatic N) is 3. The highest BCUT2D eigenvalue weighted by atomic mass is 35.5. The summed E-state index contributed by atoms with van der Waals surface area (Å²) in [6.07, 6.45) is 7.15. The van der Waals surface area contributed by atoms with Gasteiger partial charge in [-0.25, -0.2) is 14.9 Å². The number of rotatable bonds is 10. The zero-order chi connectivity index (χ0) is 24.0. The molecular formula is C22H24Cl2FN5O3. The Balaban J connectivity index is 1.67. The Labute approximate surface area is 200 Å². The highest BCUT2D eigenvalue weighted by Crippen LogP contribution is 2.36. The number of aryl methyl sites for hydroxylation is 1. The Bertz CT molecular complexity index is 1130. The number of amides is 1. The van der Waals surface area contributed by atoms with Crippen LogP contribution in [0.15, 0.2) is 36.8 Å². The number of hydrogen-bond donors (Lipinski definition) is 3. The number of carbonyl (C=O) groups excluding carboxylic acids is 1. The first-order valence-corrected chi connectivity index (χ1v) is 11.1. The van der Waals surface area contributed by atoms with Gasteiger partial charge in [0.1, 0.15) is 11.9 Å². The fraction of sp³-hybridized carbons (Fsp3) is 0.318. The van der Waals surface area contributed by atoms with Crippen LogP contribution in [-0.4, -0.2) is 25.9 Å². The average molecular weight is 496 g/mol. The number of benzene rings is 1. The minimum atomic E-state index is -0.671. The molecule has 8 nitrogen and oxygen atoms in total. The van der Waals surface area contributed by atoms with Crippen molar-refractivity contribution < 1.29 is 19.1 Å². The first-order chi connectivity index (χ1) is 15.8. The topological polar surface area (TPSA) is 115 Å². The molecule has 0 spiro atoms. The number of aromatic nitrogens is 3. The van der Waals surface area contributed by atoms with Gasteiger partial charge < -0.3 is 10.5 Å². The van der Waals surface area contributed by atoms with Crippen LogP contribution in [0.25, 0.3) is 11.1 Å². The molecular weight excluding hydrogens is 472 g/mol. The largest absolute Gasteiger partial charge is 0.482 e. The third-order valence-corrected chi connectivity index (χ3v) is 5.77. The minimum absolute atomic E-state index is 0.101. The maximum atomic E-state index is 13.9. The quantitative estimate of drug-likeness (QED) is 0.154. The predicted molar refractivity (Wildman–Crippen MR) is 124 cm³/mol. The van der Waals surface area contributed by atoms with Crippen molar-refractivity contribution in [2.24, 2.45) is 0 Å². The number of pyridine rings is 1. The molecule has 1 unspecified atom stereocenters. The van der Waals surface area contributed by atoms with Crippen LogP contribution in [0.5, 0.6) is 5.75 Å². The van der Waals surface area contributed by atoms with E-state index in [0.29, 0.717) is 24.3 Å². The molecule has 0 saturated heterocycles. The molecule has 2 heterocycles.